The molecule has 3 rings (SSSR count). The Bertz CT molecular complexity index is 462. The van der Waals surface area contributed by atoms with Crippen molar-refractivity contribution in [2.24, 2.45) is 4.99 Å². The van der Waals surface area contributed by atoms with Crippen LogP contribution in [0.1, 0.15) is 37.7 Å². The molecule has 1 saturated carbocycles. The van der Waals surface area contributed by atoms with Crippen molar-refractivity contribution in [1.82, 2.24) is 4.98 Å². The van der Waals surface area contributed by atoms with Gasteiger partial charge in [-0.1, -0.05) is 19.3 Å². The van der Waals surface area contributed by atoms with E-state index in [1.54, 1.807) is 12.4 Å². The molecule has 1 aliphatic heterocycles. The van der Waals surface area contributed by atoms with Gasteiger partial charge in [-0.05, 0) is 25.0 Å². The molecule has 0 bridgehead atoms. The van der Waals surface area contributed by atoms with Crippen LogP contribution in [0.4, 0.5) is 0 Å². The van der Waals surface area contributed by atoms with E-state index in [9.17, 15) is 4.79 Å². The van der Waals surface area contributed by atoms with Crippen molar-refractivity contribution < 1.29 is 9.53 Å². The molecule has 1 aromatic heterocycles. The average Bonchev–Trinajstić information content (AvgIpc) is 2.69. The van der Waals surface area contributed by atoms with E-state index >= 15 is 0 Å². The van der Waals surface area contributed by atoms with Crippen molar-refractivity contribution >= 4 is 11.9 Å². The zero-order valence-electron chi connectivity index (χ0n) is 9.56. The first kappa shape index (κ1) is 10.4. The van der Waals surface area contributed by atoms with E-state index in [-0.39, 0.29) is 5.97 Å². The number of nitrogens with zero attached hydrogens (tertiary/aromatic N) is 2. The highest BCUT2D eigenvalue weighted by atomic mass is 16.6. The summed E-state index contributed by atoms with van der Waals surface area (Å²) in [5.74, 6) is 0.281. The highest BCUT2D eigenvalue weighted by Crippen LogP contribution is 2.37. The molecule has 17 heavy (non-hydrogen) atoms. The monoisotopic (exact) mass is 230 g/mol. The van der Waals surface area contributed by atoms with E-state index in [4.69, 9.17) is 4.74 Å². The van der Waals surface area contributed by atoms with Gasteiger partial charge in [0.25, 0.3) is 0 Å². The second-order valence-corrected chi connectivity index (χ2v) is 4.63. The number of ether oxygens (including phenoxy) is 1. The molecule has 2 heterocycles. The van der Waals surface area contributed by atoms with E-state index < -0.39 is 5.54 Å². The van der Waals surface area contributed by atoms with E-state index in [1.165, 1.54) is 6.42 Å². The number of carbonyl (C=O) groups is 1. The quantitative estimate of drug-likeness (QED) is 0.694. The topological polar surface area (TPSA) is 51.5 Å². The number of rotatable bonds is 1. The van der Waals surface area contributed by atoms with Gasteiger partial charge in [0.2, 0.25) is 5.90 Å². The van der Waals surface area contributed by atoms with Crippen LogP contribution >= 0.6 is 0 Å². The molecule has 0 N–H and O–H groups in total. The van der Waals surface area contributed by atoms with Crippen molar-refractivity contribution in [3.8, 4) is 0 Å². The third-order valence-corrected chi connectivity index (χ3v) is 3.49. The summed E-state index contributed by atoms with van der Waals surface area (Å²) in [7, 11) is 0. The summed E-state index contributed by atoms with van der Waals surface area (Å²) in [4.78, 5) is 20.5. The Balaban J connectivity index is 1.94. The fourth-order valence-electron chi connectivity index (χ4n) is 2.52. The standard InChI is InChI=1S/C13H14N2O2/c16-12-13(6-2-1-3-7-13)15-11(17-12)10-4-8-14-9-5-10/h4-5,8-9H,1-3,6-7H2. The molecule has 0 unspecified atom stereocenters. The van der Waals surface area contributed by atoms with Crippen LogP contribution in [0.2, 0.25) is 0 Å². The second-order valence-electron chi connectivity index (χ2n) is 4.63. The van der Waals surface area contributed by atoms with Gasteiger partial charge in [-0.3, -0.25) is 4.98 Å². The number of pyridine rings is 1. The predicted octanol–water partition coefficient (Wildman–Crippen LogP) is 2.09. The van der Waals surface area contributed by atoms with Gasteiger partial charge in [0.05, 0.1) is 0 Å². The molecule has 1 spiro atoms. The van der Waals surface area contributed by atoms with Gasteiger partial charge in [0, 0.05) is 18.0 Å². The van der Waals surface area contributed by atoms with Crippen molar-refractivity contribution in [2.45, 2.75) is 37.6 Å². The number of hydrogen-bond donors (Lipinski definition) is 0. The number of aliphatic imine (C=N–C) groups is 1. The van der Waals surface area contributed by atoms with Crippen molar-refractivity contribution in [1.29, 1.82) is 0 Å². The minimum atomic E-state index is -0.586. The molecular weight excluding hydrogens is 216 g/mol. The van der Waals surface area contributed by atoms with E-state index in [1.807, 2.05) is 12.1 Å². The molecule has 1 aliphatic carbocycles. The van der Waals surface area contributed by atoms with Gasteiger partial charge < -0.3 is 4.74 Å². The van der Waals surface area contributed by atoms with E-state index in [0.717, 1.165) is 31.2 Å². The smallest absolute Gasteiger partial charge is 0.340 e. The first-order chi connectivity index (χ1) is 8.30. The van der Waals surface area contributed by atoms with Crippen LogP contribution in [0.25, 0.3) is 0 Å². The zero-order chi connectivity index (χ0) is 11.7. The van der Waals surface area contributed by atoms with E-state index in [0.29, 0.717) is 5.90 Å². The molecule has 0 radical (unpaired) electrons. The Morgan fingerprint density at radius 1 is 1.12 bits per heavy atom. The molecule has 0 amide bonds. The highest BCUT2D eigenvalue weighted by molar-refractivity contribution is 6.07. The van der Waals surface area contributed by atoms with Crippen LogP contribution in [0.3, 0.4) is 0 Å². The van der Waals surface area contributed by atoms with Gasteiger partial charge in [-0.2, -0.15) is 0 Å². The Morgan fingerprint density at radius 2 is 1.82 bits per heavy atom. The molecule has 0 aromatic carbocycles. The fraction of sp³-hybridized carbons (Fsp3) is 0.462. The first-order valence-corrected chi connectivity index (χ1v) is 6.03. The average molecular weight is 230 g/mol. The molecule has 1 fully saturated rings. The largest absolute Gasteiger partial charge is 0.405 e. The van der Waals surface area contributed by atoms with Gasteiger partial charge in [-0.25, -0.2) is 9.79 Å². The Morgan fingerprint density at radius 3 is 2.53 bits per heavy atom. The summed E-state index contributed by atoms with van der Waals surface area (Å²) in [6.07, 6.45) is 8.30. The maximum absolute atomic E-state index is 12.0. The highest BCUT2D eigenvalue weighted by Gasteiger charge is 2.46. The third-order valence-electron chi connectivity index (χ3n) is 3.49. The van der Waals surface area contributed by atoms with Crippen LogP contribution in [-0.4, -0.2) is 22.4 Å². The maximum atomic E-state index is 12.0. The Labute approximate surface area is 99.7 Å². The first-order valence-electron chi connectivity index (χ1n) is 6.03. The lowest BCUT2D eigenvalue weighted by atomic mass is 9.83. The van der Waals surface area contributed by atoms with Gasteiger partial charge in [0.15, 0.2) is 5.54 Å². The van der Waals surface area contributed by atoms with Crippen LogP contribution in [0, 0.1) is 0 Å². The molecule has 4 heteroatoms. The van der Waals surface area contributed by atoms with E-state index in [2.05, 4.69) is 9.98 Å². The molecule has 0 atom stereocenters. The molecular formula is C13H14N2O2. The fourth-order valence-corrected chi connectivity index (χ4v) is 2.52. The third kappa shape index (κ3) is 1.73. The lowest BCUT2D eigenvalue weighted by molar-refractivity contribution is -0.140. The van der Waals surface area contributed by atoms with Crippen LogP contribution in [-0.2, 0) is 9.53 Å². The Kier molecular flexibility index (Phi) is 2.42. The van der Waals surface area contributed by atoms with Gasteiger partial charge in [0.1, 0.15) is 0 Å². The number of cyclic esters (lactones) is 1. The molecule has 4 nitrogen and oxygen atoms in total. The van der Waals surface area contributed by atoms with Gasteiger partial charge >= 0.3 is 5.97 Å². The summed E-state index contributed by atoms with van der Waals surface area (Å²) < 4.78 is 5.32. The second kappa shape index (κ2) is 3.95. The zero-order valence-corrected chi connectivity index (χ0v) is 9.56. The molecule has 0 saturated heterocycles. The summed E-state index contributed by atoms with van der Waals surface area (Å²) in [5, 5.41) is 0. The molecule has 1 aromatic rings. The van der Waals surface area contributed by atoms with Crippen molar-refractivity contribution in [3.05, 3.63) is 30.1 Å². The molecule has 88 valence electrons. The number of hydrogen-bond acceptors (Lipinski definition) is 4. The minimum Gasteiger partial charge on any atom is -0.405 e. The van der Waals surface area contributed by atoms with Crippen LogP contribution < -0.4 is 0 Å². The summed E-state index contributed by atoms with van der Waals surface area (Å²) in [6.45, 7) is 0. The SMILES string of the molecule is O=C1OC(c2ccncc2)=NC12CCCCC2. The van der Waals surface area contributed by atoms with Gasteiger partial charge in [-0.15, -0.1) is 0 Å². The van der Waals surface area contributed by atoms with Crippen molar-refractivity contribution in [2.75, 3.05) is 0 Å². The summed E-state index contributed by atoms with van der Waals surface area (Å²) in [6, 6.07) is 3.63. The summed E-state index contributed by atoms with van der Waals surface area (Å²) >= 11 is 0. The number of carbonyl (C=O) groups excluding carboxylic acids is 1. The Hall–Kier alpha value is -1.71. The lowest BCUT2D eigenvalue weighted by Crippen LogP contribution is -2.35. The normalized spacial score (nSPS) is 22.4. The number of esters is 1. The lowest BCUT2D eigenvalue weighted by Gasteiger charge is -2.25. The van der Waals surface area contributed by atoms with Crippen LogP contribution in [0.15, 0.2) is 29.5 Å². The van der Waals surface area contributed by atoms with Crippen LogP contribution in [0.5, 0.6) is 0 Å². The minimum absolute atomic E-state index is 0.177. The van der Waals surface area contributed by atoms with Crippen molar-refractivity contribution in [3.63, 3.8) is 0 Å². The number of aromatic nitrogens is 1. The summed E-state index contributed by atoms with van der Waals surface area (Å²) in [5.41, 5.74) is 0.243. The maximum Gasteiger partial charge on any atom is 0.340 e. The molecule has 2 aliphatic rings. The predicted molar refractivity (Wildman–Crippen MR) is 62.7 cm³/mol.